The third-order valence-electron chi connectivity index (χ3n) is 1.98. The van der Waals surface area contributed by atoms with E-state index in [1.807, 2.05) is 0 Å². The topological polar surface area (TPSA) is 61.0 Å². The van der Waals surface area contributed by atoms with Gasteiger partial charge in [0.1, 0.15) is 11.6 Å². The number of benzene rings is 1. The average molecular weight is 298 g/mol. The zero-order valence-electron chi connectivity index (χ0n) is 8.73. The van der Waals surface area contributed by atoms with Gasteiger partial charge in [-0.3, -0.25) is 4.98 Å². The normalized spacial score (nSPS) is 10.3. The van der Waals surface area contributed by atoms with E-state index < -0.39 is 5.82 Å². The molecule has 0 aliphatic heterocycles. The van der Waals surface area contributed by atoms with Gasteiger partial charge in [0, 0.05) is 18.8 Å². The molecule has 0 radical (unpaired) electrons. The Morgan fingerprint density at radius 3 is 2.88 bits per heavy atom. The standard InChI is InChI=1S/C11H9BrFN3O/c12-9-2-1-8(3-10(9)13)17-11-6-15-5-7(4-14)16-11/h1-3,5-6H,4,14H2. The predicted molar refractivity (Wildman–Crippen MR) is 64.1 cm³/mol. The first kappa shape index (κ1) is 11.9. The van der Waals surface area contributed by atoms with Crippen molar-refractivity contribution in [2.45, 2.75) is 6.54 Å². The Morgan fingerprint density at radius 1 is 1.35 bits per heavy atom. The van der Waals surface area contributed by atoms with Crippen LogP contribution in [0.1, 0.15) is 5.69 Å². The lowest BCUT2D eigenvalue weighted by molar-refractivity contribution is 0.452. The van der Waals surface area contributed by atoms with Crippen molar-refractivity contribution >= 4 is 15.9 Å². The number of nitrogens with zero attached hydrogens (tertiary/aromatic N) is 2. The molecule has 0 unspecified atom stereocenters. The summed E-state index contributed by atoms with van der Waals surface area (Å²) >= 11 is 3.06. The van der Waals surface area contributed by atoms with E-state index in [0.717, 1.165) is 0 Å². The molecule has 0 aliphatic carbocycles. The molecule has 1 aromatic heterocycles. The van der Waals surface area contributed by atoms with E-state index in [2.05, 4.69) is 25.9 Å². The van der Waals surface area contributed by atoms with Gasteiger partial charge in [0.25, 0.3) is 0 Å². The van der Waals surface area contributed by atoms with Gasteiger partial charge >= 0.3 is 0 Å². The fraction of sp³-hybridized carbons (Fsp3) is 0.0909. The van der Waals surface area contributed by atoms with Gasteiger partial charge in [0.2, 0.25) is 5.88 Å². The Kier molecular flexibility index (Phi) is 3.65. The van der Waals surface area contributed by atoms with Crippen LogP contribution in [-0.4, -0.2) is 9.97 Å². The first-order valence-electron chi connectivity index (χ1n) is 4.83. The lowest BCUT2D eigenvalue weighted by atomic mass is 10.3. The fourth-order valence-corrected chi connectivity index (χ4v) is 1.44. The first-order valence-corrected chi connectivity index (χ1v) is 5.62. The molecule has 88 valence electrons. The highest BCUT2D eigenvalue weighted by Crippen LogP contribution is 2.24. The molecular weight excluding hydrogens is 289 g/mol. The highest BCUT2D eigenvalue weighted by molar-refractivity contribution is 9.10. The molecule has 17 heavy (non-hydrogen) atoms. The molecular formula is C11H9BrFN3O. The molecule has 0 fully saturated rings. The first-order chi connectivity index (χ1) is 8.19. The summed E-state index contributed by atoms with van der Waals surface area (Å²) in [5.41, 5.74) is 6.04. The highest BCUT2D eigenvalue weighted by Gasteiger charge is 2.04. The minimum atomic E-state index is -0.398. The van der Waals surface area contributed by atoms with Gasteiger partial charge in [-0.05, 0) is 28.1 Å². The van der Waals surface area contributed by atoms with Crippen LogP contribution in [0.4, 0.5) is 4.39 Å². The SMILES string of the molecule is NCc1cncc(Oc2ccc(Br)c(F)c2)n1. The number of hydrogen-bond acceptors (Lipinski definition) is 4. The molecule has 6 heteroatoms. The molecule has 0 atom stereocenters. The summed E-state index contributed by atoms with van der Waals surface area (Å²) in [7, 11) is 0. The molecule has 1 heterocycles. The maximum atomic E-state index is 13.2. The average Bonchev–Trinajstić information content (AvgIpc) is 2.34. The molecule has 0 spiro atoms. The molecule has 1 aromatic carbocycles. The molecule has 0 bridgehead atoms. The van der Waals surface area contributed by atoms with Gasteiger partial charge in [0.05, 0.1) is 16.4 Å². The number of halogens is 2. The van der Waals surface area contributed by atoms with Gasteiger partial charge in [0.15, 0.2) is 0 Å². The van der Waals surface area contributed by atoms with Crippen molar-refractivity contribution in [2.24, 2.45) is 5.73 Å². The summed E-state index contributed by atoms with van der Waals surface area (Å²) in [6.45, 7) is 0.277. The van der Waals surface area contributed by atoms with Crippen LogP contribution in [0.5, 0.6) is 11.6 Å². The number of rotatable bonds is 3. The van der Waals surface area contributed by atoms with E-state index in [1.54, 1.807) is 18.3 Å². The summed E-state index contributed by atoms with van der Waals surface area (Å²) in [6.07, 6.45) is 2.99. The summed E-state index contributed by atoms with van der Waals surface area (Å²) < 4.78 is 19.0. The second kappa shape index (κ2) is 5.20. The monoisotopic (exact) mass is 297 g/mol. The van der Waals surface area contributed by atoms with E-state index >= 15 is 0 Å². The number of aromatic nitrogens is 2. The van der Waals surface area contributed by atoms with Crippen LogP contribution in [0, 0.1) is 5.82 Å². The molecule has 2 rings (SSSR count). The van der Waals surface area contributed by atoms with Crippen molar-refractivity contribution in [3.8, 4) is 11.6 Å². The lowest BCUT2D eigenvalue weighted by Gasteiger charge is -2.05. The van der Waals surface area contributed by atoms with E-state index in [9.17, 15) is 4.39 Å². The quantitative estimate of drug-likeness (QED) is 0.946. The number of ether oxygens (including phenoxy) is 1. The van der Waals surface area contributed by atoms with Crippen molar-refractivity contribution in [3.05, 3.63) is 46.6 Å². The molecule has 0 saturated carbocycles. The van der Waals surface area contributed by atoms with E-state index in [4.69, 9.17) is 10.5 Å². The molecule has 4 nitrogen and oxygen atoms in total. The van der Waals surface area contributed by atoms with Gasteiger partial charge in [-0.15, -0.1) is 0 Å². The van der Waals surface area contributed by atoms with Crippen molar-refractivity contribution in [2.75, 3.05) is 0 Å². The molecule has 2 N–H and O–H groups in total. The van der Waals surface area contributed by atoms with Crippen LogP contribution >= 0.6 is 15.9 Å². The smallest absolute Gasteiger partial charge is 0.238 e. The van der Waals surface area contributed by atoms with Crippen molar-refractivity contribution in [3.63, 3.8) is 0 Å². The summed E-state index contributed by atoms with van der Waals surface area (Å²) in [6, 6.07) is 4.45. The van der Waals surface area contributed by atoms with Crippen LogP contribution in [0.25, 0.3) is 0 Å². The molecule has 0 amide bonds. The summed E-state index contributed by atoms with van der Waals surface area (Å²) in [5.74, 6) is 0.245. The highest BCUT2D eigenvalue weighted by atomic mass is 79.9. The fourth-order valence-electron chi connectivity index (χ4n) is 1.19. The predicted octanol–water partition coefficient (Wildman–Crippen LogP) is 2.63. The van der Waals surface area contributed by atoms with E-state index in [0.29, 0.717) is 15.9 Å². The van der Waals surface area contributed by atoms with Gasteiger partial charge < -0.3 is 10.5 Å². The van der Waals surface area contributed by atoms with Gasteiger partial charge in [-0.2, -0.15) is 0 Å². The van der Waals surface area contributed by atoms with Crippen molar-refractivity contribution < 1.29 is 9.13 Å². The Hall–Kier alpha value is -1.53. The molecule has 0 saturated heterocycles. The minimum Gasteiger partial charge on any atom is -0.437 e. The zero-order chi connectivity index (χ0) is 12.3. The zero-order valence-corrected chi connectivity index (χ0v) is 10.3. The maximum Gasteiger partial charge on any atom is 0.238 e. The van der Waals surface area contributed by atoms with Crippen LogP contribution in [0.3, 0.4) is 0 Å². The van der Waals surface area contributed by atoms with Crippen LogP contribution < -0.4 is 10.5 Å². The number of nitrogens with two attached hydrogens (primary N) is 1. The summed E-state index contributed by atoms with van der Waals surface area (Å²) in [4.78, 5) is 8.02. The number of hydrogen-bond donors (Lipinski definition) is 1. The Balaban J connectivity index is 2.22. The van der Waals surface area contributed by atoms with Crippen LogP contribution in [0.15, 0.2) is 35.1 Å². The van der Waals surface area contributed by atoms with Crippen molar-refractivity contribution in [1.82, 2.24) is 9.97 Å². The third-order valence-corrected chi connectivity index (χ3v) is 2.63. The second-order valence-electron chi connectivity index (χ2n) is 3.23. The third kappa shape index (κ3) is 2.98. The summed E-state index contributed by atoms with van der Waals surface area (Å²) in [5, 5.41) is 0. The lowest BCUT2D eigenvalue weighted by Crippen LogP contribution is -2.01. The largest absolute Gasteiger partial charge is 0.437 e. The van der Waals surface area contributed by atoms with Crippen LogP contribution in [-0.2, 0) is 6.54 Å². The Morgan fingerprint density at radius 2 is 2.18 bits per heavy atom. The van der Waals surface area contributed by atoms with E-state index in [-0.39, 0.29) is 12.4 Å². The molecule has 0 aliphatic rings. The van der Waals surface area contributed by atoms with Gasteiger partial charge in [-0.25, -0.2) is 9.37 Å². The van der Waals surface area contributed by atoms with Crippen LogP contribution in [0.2, 0.25) is 0 Å². The maximum absolute atomic E-state index is 13.2. The Bertz CT molecular complexity index is 536. The second-order valence-corrected chi connectivity index (χ2v) is 4.09. The van der Waals surface area contributed by atoms with Gasteiger partial charge in [-0.1, -0.05) is 0 Å². The minimum absolute atomic E-state index is 0.277. The Labute approximate surface area is 106 Å². The van der Waals surface area contributed by atoms with Crippen molar-refractivity contribution in [1.29, 1.82) is 0 Å². The molecule has 2 aromatic rings. The van der Waals surface area contributed by atoms with E-state index in [1.165, 1.54) is 12.3 Å².